The summed E-state index contributed by atoms with van der Waals surface area (Å²) in [4.78, 5) is 36.2. The Morgan fingerprint density at radius 3 is 2.29 bits per heavy atom. The van der Waals surface area contributed by atoms with Crippen molar-refractivity contribution < 1.29 is 28.6 Å². The third-order valence-corrected chi connectivity index (χ3v) is 4.06. The summed E-state index contributed by atoms with van der Waals surface area (Å²) in [7, 11) is 1.48. The molecule has 0 fully saturated rings. The van der Waals surface area contributed by atoms with Crippen LogP contribution in [0.4, 0.5) is 4.79 Å². The Hall–Kier alpha value is -3.10. The Balaban J connectivity index is 2.04. The average molecular weight is 436 g/mol. The van der Waals surface area contributed by atoms with Crippen molar-refractivity contribution in [3.05, 3.63) is 35.9 Å². The fourth-order valence-corrected chi connectivity index (χ4v) is 2.51. The zero-order valence-corrected chi connectivity index (χ0v) is 18.5. The topological polar surface area (TPSA) is 118 Å². The molecule has 0 bridgehead atoms. The number of carbonyl (C=O) groups is 3. The molecule has 9 heteroatoms. The SMILES string of the molecule is CC(C)OC(=O)CN(C)C(=N)NC(=O)OCCCCOC(=O)CCCc1ccccc1. The van der Waals surface area contributed by atoms with Gasteiger partial charge in [0.15, 0.2) is 0 Å². The van der Waals surface area contributed by atoms with Gasteiger partial charge in [0.2, 0.25) is 5.96 Å². The predicted molar refractivity (Wildman–Crippen MR) is 116 cm³/mol. The quantitative estimate of drug-likeness (QED) is 0.170. The molecule has 0 aliphatic rings. The standard InChI is InChI=1S/C22H33N3O6/c1-17(2)31-20(27)16-25(3)21(23)24-22(28)30-15-8-7-14-29-19(26)13-9-12-18-10-5-4-6-11-18/h4-6,10-11,17H,7-9,12-16H2,1-3H3,(H2,23,24,28). The van der Waals surface area contributed by atoms with E-state index in [1.807, 2.05) is 30.3 Å². The van der Waals surface area contributed by atoms with Crippen molar-refractivity contribution in [2.24, 2.45) is 0 Å². The van der Waals surface area contributed by atoms with Crippen molar-refractivity contribution in [1.29, 1.82) is 5.41 Å². The zero-order valence-electron chi connectivity index (χ0n) is 18.5. The van der Waals surface area contributed by atoms with Gasteiger partial charge in [-0.25, -0.2) is 4.79 Å². The van der Waals surface area contributed by atoms with Crippen LogP contribution in [0.25, 0.3) is 0 Å². The van der Waals surface area contributed by atoms with Gasteiger partial charge in [0.25, 0.3) is 0 Å². The van der Waals surface area contributed by atoms with E-state index in [4.69, 9.17) is 19.6 Å². The number of nitrogens with one attached hydrogen (secondary N) is 2. The van der Waals surface area contributed by atoms with Crippen LogP contribution in [0.5, 0.6) is 0 Å². The Bertz CT molecular complexity index is 708. The van der Waals surface area contributed by atoms with E-state index in [0.717, 1.165) is 12.8 Å². The number of unbranched alkanes of at least 4 members (excludes halogenated alkanes) is 1. The number of esters is 2. The molecule has 0 saturated heterocycles. The van der Waals surface area contributed by atoms with Gasteiger partial charge in [0, 0.05) is 13.5 Å². The number of rotatable bonds is 12. The van der Waals surface area contributed by atoms with Crippen molar-refractivity contribution in [2.75, 3.05) is 26.8 Å². The second-order valence-corrected chi connectivity index (χ2v) is 7.27. The number of aryl methyl sites for hydroxylation is 1. The minimum atomic E-state index is -0.785. The van der Waals surface area contributed by atoms with Crippen LogP contribution in [0.1, 0.15) is 45.1 Å². The first-order valence-corrected chi connectivity index (χ1v) is 10.4. The summed E-state index contributed by atoms with van der Waals surface area (Å²) >= 11 is 0. The molecular formula is C22H33N3O6. The van der Waals surface area contributed by atoms with Gasteiger partial charge < -0.3 is 19.1 Å². The number of amides is 1. The van der Waals surface area contributed by atoms with Crippen molar-refractivity contribution in [3.63, 3.8) is 0 Å². The second-order valence-electron chi connectivity index (χ2n) is 7.27. The van der Waals surface area contributed by atoms with Crippen molar-refractivity contribution in [3.8, 4) is 0 Å². The van der Waals surface area contributed by atoms with E-state index in [9.17, 15) is 14.4 Å². The molecule has 0 heterocycles. The number of benzene rings is 1. The van der Waals surface area contributed by atoms with Crippen molar-refractivity contribution in [1.82, 2.24) is 10.2 Å². The smallest absolute Gasteiger partial charge is 0.413 e. The maximum absolute atomic E-state index is 11.7. The molecule has 1 aromatic rings. The van der Waals surface area contributed by atoms with Gasteiger partial charge in [-0.05, 0) is 45.1 Å². The Labute approximate surface area is 183 Å². The van der Waals surface area contributed by atoms with Crippen LogP contribution in [-0.2, 0) is 30.2 Å². The number of hydrogen-bond acceptors (Lipinski definition) is 7. The highest BCUT2D eigenvalue weighted by atomic mass is 16.6. The fraction of sp³-hybridized carbons (Fsp3) is 0.545. The Kier molecular flexibility index (Phi) is 12.4. The summed E-state index contributed by atoms with van der Waals surface area (Å²) in [6, 6.07) is 9.96. The molecule has 1 rings (SSSR count). The van der Waals surface area contributed by atoms with Crippen LogP contribution in [-0.4, -0.2) is 61.8 Å². The molecule has 0 radical (unpaired) electrons. The highest BCUT2D eigenvalue weighted by Crippen LogP contribution is 2.05. The third-order valence-electron chi connectivity index (χ3n) is 4.06. The summed E-state index contributed by atoms with van der Waals surface area (Å²) in [6.45, 7) is 3.70. The van der Waals surface area contributed by atoms with Crippen LogP contribution >= 0.6 is 0 Å². The highest BCUT2D eigenvalue weighted by molar-refractivity contribution is 5.93. The minimum Gasteiger partial charge on any atom is -0.466 e. The zero-order chi connectivity index (χ0) is 23.1. The summed E-state index contributed by atoms with van der Waals surface area (Å²) in [6.07, 6.45) is 2.00. The second kappa shape index (κ2) is 14.8. The molecular weight excluding hydrogens is 402 g/mol. The van der Waals surface area contributed by atoms with E-state index in [0.29, 0.717) is 19.3 Å². The molecule has 0 spiro atoms. The molecule has 0 aliphatic heterocycles. The number of carbonyl (C=O) groups excluding carboxylic acids is 3. The molecule has 2 N–H and O–H groups in total. The van der Waals surface area contributed by atoms with E-state index in [1.54, 1.807) is 13.8 Å². The fourth-order valence-electron chi connectivity index (χ4n) is 2.51. The average Bonchev–Trinajstić information content (AvgIpc) is 2.70. The number of likely N-dealkylation sites (N-methyl/N-ethyl adjacent to an activating group) is 1. The summed E-state index contributed by atoms with van der Waals surface area (Å²) < 4.78 is 15.1. The number of hydrogen-bond donors (Lipinski definition) is 2. The number of ether oxygens (including phenoxy) is 3. The van der Waals surface area contributed by atoms with E-state index in [1.165, 1.54) is 17.5 Å². The molecule has 31 heavy (non-hydrogen) atoms. The van der Waals surface area contributed by atoms with Crippen LogP contribution in [0.2, 0.25) is 0 Å². The van der Waals surface area contributed by atoms with E-state index >= 15 is 0 Å². The van der Waals surface area contributed by atoms with Crippen LogP contribution in [0.3, 0.4) is 0 Å². The van der Waals surface area contributed by atoms with Crippen LogP contribution in [0, 0.1) is 5.41 Å². The summed E-state index contributed by atoms with van der Waals surface area (Å²) in [5, 5.41) is 9.99. The molecule has 1 aromatic carbocycles. The molecule has 1 amide bonds. The van der Waals surface area contributed by atoms with Crippen molar-refractivity contribution in [2.45, 2.75) is 52.1 Å². The normalized spacial score (nSPS) is 10.3. The van der Waals surface area contributed by atoms with E-state index in [2.05, 4.69) is 5.32 Å². The first-order valence-electron chi connectivity index (χ1n) is 10.4. The van der Waals surface area contributed by atoms with Gasteiger partial charge >= 0.3 is 18.0 Å². The lowest BCUT2D eigenvalue weighted by Gasteiger charge is -2.19. The van der Waals surface area contributed by atoms with E-state index in [-0.39, 0.29) is 37.8 Å². The predicted octanol–water partition coefficient (Wildman–Crippen LogP) is 2.88. The molecule has 172 valence electrons. The number of nitrogens with zero attached hydrogens (tertiary/aromatic N) is 1. The molecule has 0 aliphatic carbocycles. The van der Waals surface area contributed by atoms with Crippen molar-refractivity contribution >= 4 is 24.0 Å². The van der Waals surface area contributed by atoms with Crippen LogP contribution < -0.4 is 5.32 Å². The van der Waals surface area contributed by atoms with Gasteiger partial charge in [0.05, 0.1) is 19.3 Å². The number of guanidine groups is 1. The first kappa shape index (κ1) is 25.9. The van der Waals surface area contributed by atoms with Crippen LogP contribution in [0.15, 0.2) is 30.3 Å². The van der Waals surface area contributed by atoms with Gasteiger partial charge in [-0.3, -0.25) is 20.3 Å². The highest BCUT2D eigenvalue weighted by Gasteiger charge is 2.15. The lowest BCUT2D eigenvalue weighted by Crippen LogP contribution is -2.44. The van der Waals surface area contributed by atoms with E-state index < -0.39 is 12.1 Å². The molecule has 0 atom stereocenters. The largest absolute Gasteiger partial charge is 0.466 e. The maximum atomic E-state index is 11.7. The Morgan fingerprint density at radius 1 is 1.00 bits per heavy atom. The minimum absolute atomic E-state index is 0.129. The maximum Gasteiger partial charge on any atom is 0.413 e. The lowest BCUT2D eigenvalue weighted by atomic mass is 10.1. The van der Waals surface area contributed by atoms with Gasteiger partial charge in [-0.1, -0.05) is 30.3 Å². The van der Waals surface area contributed by atoms with Gasteiger partial charge in [0.1, 0.15) is 6.54 Å². The molecule has 0 unspecified atom stereocenters. The Morgan fingerprint density at radius 2 is 1.65 bits per heavy atom. The summed E-state index contributed by atoms with van der Waals surface area (Å²) in [5.41, 5.74) is 1.19. The third kappa shape index (κ3) is 12.9. The monoisotopic (exact) mass is 435 g/mol. The number of alkyl carbamates (subject to hydrolysis) is 1. The lowest BCUT2D eigenvalue weighted by molar-refractivity contribution is -0.147. The van der Waals surface area contributed by atoms with Gasteiger partial charge in [-0.2, -0.15) is 0 Å². The molecule has 9 nitrogen and oxygen atoms in total. The van der Waals surface area contributed by atoms with Gasteiger partial charge in [-0.15, -0.1) is 0 Å². The molecule has 0 aromatic heterocycles. The summed E-state index contributed by atoms with van der Waals surface area (Å²) in [5.74, 6) is -0.996. The first-order chi connectivity index (χ1) is 14.8. The molecule has 0 saturated carbocycles.